The van der Waals surface area contributed by atoms with Gasteiger partial charge in [0.15, 0.2) is 0 Å². The number of hydrogen-bond donors (Lipinski definition) is 1. The SMILES string of the molecule is CC(C)C1=C2[C@@H](CC/C(=C/c3ccc(CO)o3)c3ccccn3)OC[C@@H]2[C@@H]2C(=O)N(c3cccc([N+](=O)[O-])c3)C(=O)[C@@H]2C1. The van der Waals surface area contributed by atoms with E-state index in [1.165, 1.54) is 18.2 Å². The lowest BCUT2D eigenvalue weighted by Gasteiger charge is -2.33. The van der Waals surface area contributed by atoms with Gasteiger partial charge in [0, 0.05) is 24.2 Å². The van der Waals surface area contributed by atoms with Crippen molar-refractivity contribution in [3.8, 4) is 0 Å². The lowest BCUT2D eigenvalue weighted by Crippen LogP contribution is -2.35. The summed E-state index contributed by atoms with van der Waals surface area (Å²) in [6, 6.07) is 15.0. The number of rotatable bonds is 9. The summed E-state index contributed by atoms with van der Waals surface area (Å²) in [6.45, 7) is 4.35. The van der Waals surface area contributed by atoms with Crippen molar-refractivity contribution in [3.05, 3.63) is 99.3 Å². The first kappa shape index (κ1) is 28.7. The van der Waals surface area contributed by atoms with Crippen molar-refractivity contribution in [2.75, 3.05) is 11.5 Å². The summed E-state index contributed by atoms with van der Waals surface area (Å²) in [6.07, 6.45) is 5.17. The number of ether oxygens (including phenoxy) is 1. The van der Waals surface area contributed by atoms with E-state index in [1.54, 1.807) is 18.3 Å². The minimum atomic E-state index is -0.569. The van der Waals surface area contributed by atoms with Crippen molar-refractivity contribution in [2.45, 2.75) is 45.8 Å². The predicted octanol–water partition coefficient (Wildman–Crippen LogP) is 5.57. The van der Waals surface area contributed by atoms with Crippen molar-refractivity contribution in [1.29, 1.82) is 0 Å². The number of allylic oxidation sites excluding steroid dienone is 2. The molecular weight excluding hydrogens is 550 g/mol. The molecule has 1 aliphatic carbocycles. The first-order valence-corrected chi connectivity index (χ1v) is 14.5. The molecule has 2 fully saturated rings. The molecule has 222 valence electrons. The molecule has 2 saturated heterocycles. The van der Waals surface area contributed by atoms with Gasteiger partial charge >= 0.3 is 0 Å². The number of nitrogens with zero attached hydrogens (tertiary/aromatic N) is 3. The number of hydrogen-bond acceptors (Lipinski definition) is 8. The second kappa shape index (κ2) is 11.7. The number of furan rings is 1. The molecule has 4 heterocycles. The molecule has 2 aliphatic heterocycles. The Kier molecular flexibility index (Phi) is 7.81. The molecule has 3 aliphatic rings. The van der Waals surface area contributed by atoms with E-state index in [1.807, 2.05) is 30.3 Å². The van der Waals surface area contributed by atoms with Crippen LogP contribution in [0, 0.1) is 33.8 Å². The number of imide groups is 1. The van der Waals surface area contributed by atoms with Gasteiger partial charge in [-0.1, -0.05) is 31.6 Å². The Hall–Kier alpha value is -4.41. The maximum absolute atomic E-state index is 13.9. The predicted molar refractivity (Wildman–Crippen MR) is 158 cm³/mol. The Bertz CT molecular complexity index is 1620. The van der Waals surface area contributed by atoms with Crippen molar-refractivity contribution in [2.24, 2.45) is 23.7 Å². The van der Waals surface area contributed by atoms with E-state index < -0.39 is 16.8 Å². The Morgan fingerprint density at radius 1 is 1.14 bits per heavy atom. The van der Waals surface area contributed by atoms with Gasteiger partial charge < -0.3 is 14.3 Å². The Labute approximate surface area is 248 Å². The van der Waals surface area contributed by atoms with E-state index in [4.69, 9.17) is 9.15 Å². The number of fused-ring (bicyclic) bond motifs is 3. The van der Waals surface area contributed by atoms with Crippen molar-refractivity contribution >= 4 is 34.8 Å². The summed E-state index contributed by atoms with van der Waals surface area (Å²) in [5.41, 5.74) is 4.09. The number of carbonyl (C=O) groups excluding carboxylic acids is 2. The van der Waals surface area contributed by atoms with Crippen LogP contribution in [-0.2, 0) is 20.9 Å². The van der Waals surface area contributed by atoms with Gasteiger partial charge in [-0.25, -0.2) is 4.90 Å². The Morgan fingerprint density at radius 2 is 1.98 bits per heavy atom. The van der Waals surface area contributed by atoms with E-state index in [0.717, 1.165) is 27.3 Å². The van der Waals surface area contributed by atoms with Crippen LogP contribution >= 0.6 is 0 Å². The molecule has 2 amide bonds. The molecule has 3 aromatic rings. The minimum Gasteiger partial charge on any atom is -0.459 e. The van der Waals surface area contributed by atoms with Gasteiger partial charge in [0.1, 0.15) is 18.1 Å². The third-order valence-corrected chi connectivity index (χ3v) is 8.76. The fourth-order valence-electron chi connectivity index (χ4n) is 6.80. The quantitative estimate of drug-likeness (QED) is 0.149. The number of pyridine rings is 1. The van der Waals surface area contributed by atoms with Gasteiger partial charge in [0.05, 0.1) is 40.9 Å². The number of carbonyl (C=O) groups is 2. The fraction of sp³-hybridized carbons (Fsp3) is 0.364. The highest BCUT2D eigenvalue weighted by Gasteiger charge is 2.57. The summed E-state index contributed by atoms with van der Waals surface area (Å²) < 4.78 is 12.1. The van der Waals surface area contributed by atoms with Crippen LogP contribution in [0.15, 0.2) is 76.4 Å². The molecule has 6 rings (SSSR count). The molecular formula is C33H33N3O7. The van der Waals surface area contributed by atoms with E-state index in [2.05, 4.69) is 18.8 Å². The van der Waals surface area contributed by atoms with Gasteiger partial charge in [-0.3, -0.25) is 24.7 Å². The van der Waals surface area contributed by atoms with Crippen molar-refractivity contribution < 1.29 is 28.8 Å². The van der Waals surface area contributed by atoms with Crippen LogP contribution in [0.25, 0.3) is 11.6 Å². The summed E-state index contributed by atoms with van der Waals surface area (Å²) in [5, 5.41) is 20.8. The monoisotopic (exact) mass is 583 g/mol. The molecule has 0 unspecified atom stereocenters. The fourth-order valence-corrected chi connectivity index (χ4v) is 6.80. The minimum absolute atomic E-state index is 0.156. The summed E-state index contributed by atoms with van der Waals surface area (Å²) >= 11 is 0. The number of aliphatic hydroxyl groups excluding tert-OH is 1. The summed E-state index contributed by atoms with van der Waals surface area (Å²) in [7, 11) is 0. The van der Waals surface area contributed by atoms with Crippen molar-refractivity contribution in [1.82, 2.24) is 4.98 Å². The molecule has 0 saturated carbocycles. The number of aliphatic hydroxyl groups is 1. The van der Waals surface area contributed by atoms with E-state index >= 15 is 0 Å². The highest BCUT2D eigenvalue weighted by molar-refractivity contribution is 6.22. The number of benzene rings is 1. The Balaban J connectivity index is 1.28. The number of amides is 2. The van der Waals surface area contributed by atoms with E-state index in [0.29, 0.717) is 37.4 Å². The summed E-state index contributed by atoms with van der Waals surface area (Å²) in [4.78, 5) is 44.1. The molecule has 0 radical (unpaired) electrons. The largest absolute Gasteiger partial charge is 0.459 e. The normalized spacial score (nSPS) is 23.7. The second-order valence-corrected chi connectivity index (χ2v) is 11.6. The number of nitro groups is 1. The number of aromatic nitrogens is 1. The first-order chi connectivity index (χ1) is 20.8. The van der Waals surface area contributed by atoms with E-state index in [-0.39, 0.29) is 47.7 Å². The van der Waals surface area contributed by atoms with Crippen LogP contribution in [-0.4, -0.2) is 39.5 Å². The lowest BCUT2D eigenvalue weighted by molar-refractivity contribution is -0.384. The zero-order valence-corrected chi connectivity index (χ0v) is 24.0. The third-order valence-electron chi connectivity index (χ3n) is 8.76. The average Bonchev–Trinajstić information content (AvgIpc) is 3.71. The van der Waals surface area contributed by atoms with Gasteiger partial charge in [-0.15, -0.1) is 0 Å². The zero-order chi connectivity index (χ0) is 30.2. The van der Waals surface area contributed by atoms with Crippen LogP contribution in [0.4, 0.5) is 11.4 Å². The summed E-state index contributed by atoms with van der Waals surface area (Å²) in [5.74, 6) is -0.706. The molecule has 2 aromatic heterocycles. The van der Waals surface area contributed by atoms with Gasteiger partial charge in [0.25, 0.3) is 5.69 Å². The van der Waals surface area contributed by atoms with E-state index in [9.17, 15) is 24.8 Å². The van der Waals surface area contributed by atoms with Gasteiger partial charge in [0.2, 0.25) is 11.8 Å². The topological polar surface area (TPSA) is 136 Å². The van der Waals surface area contributed by atoms with Crippen LogP contribution in [0.5, 0.6) is 0 Å². The van der Waals surface area contributed by atoms with Crippen LogP contribution in [0.2, 0.25) is 0 Å². The number of nitro benzene ring substituents is 1. The molecule has 10 heteroatoms. The third kappa shape index (κ3) is 5.32. The first-order valence-electron chi connectivity index (χ1n) is 14.5. The maximum atomic E-state index is 13.9. The lowest BCUT2D eigenvalue weighted by atomic mass is 9.67. The molecule has 43 heavy (non-hydrogen) atoms. The second-order valence-electron chi connectivity index (χ2n) is 11.6. The van der Waals surface area contributed by atoms with Gasteiger partial charge in [-0.05, 0) is 72.7 Å². The van der Waals surface area contributed by atoms with Crippen LogP contribution in [0.1, 0.15) is 50.3 Å². The Morgan fingerprint density at radius 3 is 2.67 bits per heavy atom. The molecule has 1 N–H and O–H groups in total. The number of anilines is 1. The molecule has 10 nitrogen and oxygen atoms in total. The zero-order valence-electron chi connectivity index (χ0n) is 24.0. The van der Waals surface area contributed by atoms with Gasteiger partial charge in [-0.2, -0.15) is 0 Å². The van der Waals surface area contributed by atoms with Crippen molar-refractivity contribution in [3.63, 3.8) is 0 Å². The standard InChI is InChI=1S/C33H33N3O7/c1-19(2)25-16-26-31(33(39)35(32(26)38)21-6-5-7-22(15-21)36(40)41)27-18-42-29(30(25)27)12-9-20(28-8-3-4-13-34-28)14-23-10-11-24(17-37)43-23/h3-8,10-11,13-15,19,26-27,29,31,37H,9,12,16-18H2,1-2H3/b20-14-/t26-,27+,29-,31-/m1/s1. The maximum Gasteiger partial charge on any atom is 0.271 e. The molecule has 4 atom stereocenters. The average molecular weight is 584 g/mol. The highest BCUT2D eigenvalue weighted by atomic mass is 16.6. The highest BCUT2D eigenvalue weighted by Crippen LogP contribution is 2.52. The number of non-ortho nitro benzene ring substituents is 1. The van der Waals surface area contributed by atoms with Crippen LogP contribution < -0.4 is 4.90 Å². The molecule has 1 aromatic carbocycles. The smallest absolute Gasteiger partial charge is 0.271 e. The molecule has 0 bridgehead atoms. The van der Waals surface area contributed by atoms with Crippen LogP contribution in [0.3, 0.4) is 0 Å². The molecule has 0 spiro atoms.